The van der Waals surface area contributed by atoms with Crippen molar-refractivity contribution in [2.24, 2.45) is 0 Å². The van der Waals surface area contributed by atoms with Crippen molar-refractivity contribution < 1.29 is 14.3 Å². The lowest BCUT2D eigenvalue weighted by molar-refractivity contribution is -0.127. The van der Waals surface area contributed by atoms with Crippen LogP contribution in [0.25, 0.3) is 10.6 Å². The Morgan fingerprint density at radius 2 is 2.11 bits per heavy atom. The van der Waals surface area contributed by atoms with Crippen LogP contribution in [0.15, 0.2) is 47.8 Å². The van der Waals surface area contributed by atoms with Gasteiger partial charge in [0.25, 0.3) is 5.91 Å². The van der Waals surface area contributed by atoms with Gasteiger partial charge in [0.2, 0.25) is 5.88 Å². The molecule has 0 spiro atoms. The van der Waals surface area contributed by atoms with Crippen LogP contribution in [0.1, 0.15) is 12.5 Å². The largest absolute Gasteiger partial charge is 0.481 e. The molecule has 3 aromatic rings. The lowest BCUT2D eigenvalue weighted by atomic mass is 10.2. The average molecular weight is 418 g/mol. The van der Waals surface area contributed by atoms with Gasteiger partial charge >= 0.3 is 0 Å². The highest BCUT2D eigenvalue weighted by Gasteiger charge is 2.14. The number of halogens is 1. The van der Waals surface area contributed by atoms with Gasteiger partial charge in [-0.25, -0.2) is 0 Å². The molecule has 0 aliphatic rings. The number of hydrogen-bond donors (Lipinski definition) is 1. The number of carbonyl (C=O) groups is 1. The minimum Gasteiger partial charge on any atom is -0.481 e. The maximum Gasteiger partial charge on any atom is 0.260 e. The van der Waals surface area contributed by atoms with Gasteiger partial charge in [-0.2, -0.15) is 0 Å². The zero-order valence-electron chi connectivity index (χ0n) is 15.5. The van der Waals surface area contributed by atoms with Crippen molar-refractivity contribution >= 4 is 28.8 Å². The maximum atomic E-state index is 12.1. The molecule has 0 saturated heterocycles. The number of aromatic nitrogens is 2. The average Bonchev–Trinajstić information content (AvgIpc) is 3.23. The highest BCUT2D eigenvalue weighted by Crippen LogP contribution is 2.23. The Morgan fingerprint density at radius 1 is 1.25 bits per heavy atom. The van der Waals surface area contributed by atoms with Crippen LogP contribution in [-0.2, 0) is 4.79 Å². The zero-order chi connectivity index (χ0) is 19.9. The molecule has 3 rings (SSSR count). The van der Waals surface area contributed by atoms with Gasteiger partial charge in [-0.1, -0.05) is 17.7 Å². The van der Waals surface area contributed by atoms with Gasteiger partial charge < -0.3 is 14.8 Å². The predicted molar refractivity (Wildman–Crippen MR) is 110 cm³/mol. The number of ether oxygens (including phenoxy) is 2. The number of thiophene rings is 1. The van der Waals surface area contributed by atoms with Crippen molar-refractivity contribution in [3.05, 3.63) is 58.4 Å². The highest BCUT2D eigenvalue weighted by atomic mass is 35.5. The van der Waals surface area contributed by atoms with Gasteiger partial charge in [0, 0.05) is 11.1 Å². The summed E-state index contributed by atoms with van der Waals surface area (Å²) >= 11 is 7.59. The third kappa shape index (κ3) is 5.43. The number of hydrogen-bond acceptors (Lipinski definition) is 6. The molecule has 1 N–H and O–H groups in total. The van der Waals surface area contributed by atoms with Gasteiger partial charge in [0.15, 0.2) is 6.10 Å². The van der Waals surface area contributed by atoms with Crippen molar-refractivity contribution in [2.75, 3.05) is 13.2 Å². The highest BCUT2D eigenvalue weighted by molar-refractivity contribution is 7.13. The molecule has 0 aliphatic carbocycles. The zero-order valence-corrected chi connectivity index (χ0v) is 17.1. The summed E-state index contributed by atoms with van der Waals surface area (Å²) in [5, 5.41) is 13.6. The molecule has 0 fully saturated rings. The lowest BCUT2D eigenvalue weighted by Crippen LogP contribution is -2.38. The second-order valence-corrected chi connectivity index (χ2v) is 7.40. The quantitative estimate of drug-likeness (QED) is 0.558. The molecule has 1 unspecified atom stereocenters. The van der Waals surface area contributed by atoms with E-state index in [9.17, 15) is 4.79 Å². The van der Waals surface area contributed by atoms with Gasteiger partial charge in [0.1, 0.15) is 18.1 Å². The minimum atomic E-state index is -0.634. The van der Waals surface area contributed by atoms with Gasteiger partial charge in [-0.15, -0.1) is 21.5 Å². The van der Waals surface area contributed by atoms with E-state index in [1.807, 2.05) is 30.5 Å². The molecule has 0 bridgehead atoms. The first kappa shape index (κ1) is 20.1. The fourth-order valence-electron chi connectivity index (χ4n) is 2.37. The summed E-state index contributed by atoms with van der Waals surface area (Å²) < 4.78 is 11.2. The summed E-state index contributed by atoms with van der Waals surface area (Å²) in [5.41, 5.74) is 1.70. The Labute approximate surface area is 172 Å². The summed E-state index contributed by atoms with van der Waals surface area (Å²) in [6.45, 7) is 4.19. The maximum absolute atomic E-state index is 12.1. The van der Waals surface area contributed by atoms with E-state index in [0.29, 0.717) is 23.2 Å². The van der Waals surface area contributed by atoms with Gasteiger partial charge in [-0.05, 0) is 55.1 Å². The summed E-state index contributed by atoms with van der Waals surface area (Å²) in [7, 11) is 0. The van der Waals surface area contributed by atoms with Crippen molar-refractivity contribution in [3.63, 3.8) is 0 Å². The number of benzene rings is 1. The van der Waals surface area contributed by atoms with E-state index in [2.05, 4.69) is 15.5 Å². The van der Waals surface area contributed by atoms with E-state index in [4.69, 9.17) is 21.1 Å². The number of rotatable bonds is 8. The van der Waals surface area contributed by atoms with Crippen LogP contribution in [-0.4, -0.2) is 35.4 Å². The molecule has 0 aliphatic heterocycles. The third-order valence-electron chi connectivity index (χ3n) is 3.88. The fourth-order valence-corrected chi connectivity index (χ4v) is 3.18. The number of nitrogens with one attached hydrogen (secondary N) is 1. The number of nitrogens with zero attached hydrogens (tertiary/aromatic N) is 2. The smallest absolute Gasteiger partial charge is 0.260 e. The molecule has 28 heavy (non-hydrogen) atoms. The van der Waals surface area contributed by atoms with E-state index >= 15 is 0 Å². The van der Waals surface area contributed by atoms with Crippen LogP contribution in [0.3, 0.4) is 0 Å². The normalized spacial score (nSPS) is 11.7. The van der Waals surface area contributed by atoms with E-state index in [0.717, 1.165) is 16.1 Å². The number of amides is 1. The van der Waals surface area contributed by atoms with Gasteiger partial charge in [-0.3, -0.25) is 4.79 Å². The second-order valence-electron chi connectivity index (χ2n) is 6.04. The molecule has 0 radical (unpaired) electrons. The lowest BCUT2D eigenvalue weighted by Gasteiger charge is -2.15. The van der Waals surface area contributed by atoms with Crippen LogP contribution in [0.5, 0.6) is 11.6 Å². The van der Waals surface area contributed by atoms with E-state index in [1.54, 1.807) is 42.5 Å². The van der Waals surface area contributed by atoms with Crippen molar-refractivity contribution in [1.29, 1.82) is 0 Å². The molecule has 146 valence electrons. The molecule has 0 saturated carbocycles. The van der Waals surface area contributed by atoms with Crippen molar-refractivity contribution in [2.45, 2.75) is 20.0 Å². The first-order valence-electron chi connectivity index (χ1n) is 8.74. The summed E-state index contributed by atoms with van der Waals surface area (Å²) in [5.74, 6) is 0.785. The first-order chi connectivity index (χ1) is 13.5. The predicted octanol–water partition coefficient (Wildman–Crippen LogP) is 4.13. The first-order valence-corrected chi connectivity index (χ1v) is 9.99. The second kappa shape index (κ2) is 9.52. The van der Waals surface area contributed by atoms with Crippen LogP contribution >= 0.6 is 22.9 Å². The van der Waals surface area contributed by atoms with Gasteiger partial charge in [0.05, 0.1) is 11.4 Å². The number of carbonyl (C=O) groups excluding carboxylic acids is 1. The molecule has 8 heteroatoms. The van der Waals surface area contributed by atoms with Crippen molar-refractivity contribution in [1.82, 2.24) is 15.5 Å². The molecule has 2 aromatic heterocycles. The SMILES string of the molecule is Cc1cc(OC(C)C(=O)NCCOc2ccc(-c3cccs3)nn2)ccc1Cl. The third-order valence-corrected chi connectivity index (χ3v) is 5.19. The molecule has 1 amide bonds. The Bertz CT molecular complexity index is 917. The van der Waals surface area contributed by atoms with E-state index in [1.165, 1.54) is 0 Å². The molecular formula is C20H20ClN3O3S. The fraction of sp³-hybridized carbons (Fsp3) is 0.250. The summed E-state index contributed by atoms with van der Waals surface area (Å²) in [4.78, 5) is 13.2. The monoisotopic (exact) mass is 417 g/mol. The Balaban J connectivity index is 1.40. The topological polar surface area (TPSA) is 73.3 Å². The van der Waals surface area contributed by atoms with E-state index < -0.39 is 6.10 Å². The Morgan fingerprint density at radius 3 is 2.79 bits per heavy atom. The molecule has 1 aromatic carbocycles. The molecule has 1 atom stereocenters. The van der Waals surface area contributed by atoms with Crippen LogP contribution < -0.4 is 14.8 Å². The molecule has 6 nitrogen and oxygen atoms in total. The Hall–Kier alpha value is -2.64. The Kier molecular flexibility index (Phi) is 6.84. The summed E-state index contributed by atoms with van der Waals surface area (Å²) in [6, 6.07) is 12.9. The summed E-state index contributed by atoms with van der Waals surface area (Å²) in [6.07, 6.45) is -0.634. The minimum absolute atomic E-state index is 0.227. The molecule has 2 heterocycles. The standard InChI is InChI=1S/C20H20ClN3O3S/c1-13-12-15(5-6-16(13)21)27-14(2)20(25)22-9-10-26-19-8-7-17(23-24-19)18-4-3-11-28-18/h3-8,11-12,14H,9-10H2,1-2H3,(H,22,25). The van der Waals surface area contributed by atoms with Crippen LogP contribution in [0.4, 0.5) is 0 Å². The number of aryl methyl sites for hydroxylation is 1. The van der Waals surface area contributed by atoms with E-state index in [-0.39, 0.29) is 12.5 Å². The van der Waals surface area contributed by atoms with Crippen LogP contribution in [0.2, 0.25) is 5.02 Å². The van der Waals surface area contributed by atoms with Crippen LogP contribution in [0, 0.1) is 6.92 Å². The van der Waals surface area contributed by atoms with Crippen molar-refractivity contribution in [3.8, 4) is 22.2 Å². The molecular weight excluding hydrogens is 398 g/mol.